The van der Waals surface area contributed by atoms with Crippen molar-refractivity contribution in [3.63, 3.8) is 0 Å². The van der Waals surface area contributed by atoms with Crippen LogP contribution in [0.25, 0.3) is 0 Å². The van der Waals surface area contributed by atoms with E-state index in [1.54, 1.807) is 24.3 Å². The number of sulfonamides is 1. The molecule has 2 rings (SSSR count). The first-order valence-electron chi connectivity index (χ1n) is 5.44. The number of alkyl halides is 1. The van der Waals surface area contributed by atoms with Gasteiger partial charge in [0.05, 0.1) is 4.90 Å². The van der Waals surface area contributed by atoms with Crippen LogP contribution < -0.4 is 4.72 Å². The molecule has 0 spiro atoms. The standard InChI is InChI=1S/C13H11BrFNO2S/c14-9-10-4-6-12(7-5-10)16-19(17,18)13-3-1-2-11(15)8-13/h1-8,16H,9H2. The molecule has 0 unspecified atom stereocenters. The summed E-state index contributed by atoms with van der Waals surface area (Å²) < 4.78 is 39.5. The average molecular weight is 344 g/mol. The second-order valence-corrected chi connectivity index (χ2v) is 6.14. The maximum absolute atomic E-state index is 13.0. The number of halogens is 2. The molecule has 100 valence electrons. The second kappa shape index (κ2) is 5.71. The highest BCUT2D eigenvalue weighted by Crippen LogP contribution is 2.18. The molecule has 0 fully saturated rings. The van der Waals surface area contributed by atoms with E-state index in [-0.39, 0.29) is 4.90 Å². The van der Waals surface area contributed by atoms with Crippen LogP contribution in [0.2, 0.25) is 0 Å². The molecule has 0 bridgehead atoms. The Morgan fingerprint density at radius 2 is 1.79 bits per heavy atom. The van der Waals surface area contributed by atoms with Crippen molar-refractivity contribution in [1.82, 2.24) is 0 Å². The molecule has 0 atom stereocenters. The molecule has 2 aromatic rings. The van der Waals surface area contributed by atoms with E-state index in [0.717, 1.165) is 11.6 Å². The van der Waals surface area contributed by atoms with E-state index in [0.29, 0.717) is 11.0 Å². The zero-order valence-corrected chi connectivity index (χ0v) is 12.2. The molecular weight excluding hydrogens is 333 g/mol. The SMILES string of the molecule is O=S(=O)(Nc1ccc(CBr)cc1)c1cccc(F)c1. The largest absolute Gasteiger partial charge is 0.280 e. The van der Waals surface area contributed by atoms with Gasteiger partial charge in [0.2, 0.25) is 0 Å². The lowest BCUT2D eigenvalue weighted by molar-refractivity contribution is 0.595. The molecule has 0 aliphatic heterocycles. The van der Waals surface area contributed by atoms with Crippen LogP contribution in [0.4, 0.5) is 10.1 Å². The molecule has 0 heterocycles. The van der Waals surface area contributed by atoms with Crippen LogP contribution in [0.5, 0.6) is 0 Å². The highest BCUT2D eigenvalue weighted by atomic mass is 79.9. The summed E-state index contributed by atoms with van der Waals surface area (Å²) in [5, 5.41) is 0.698. The summed E-state index contributed by atoms with van der Waals surface area (Å²) in [6.07, 6.45) is 0. The molecule has 0 saturated heterocycles. The zero-order valence-electron chi connectivity index (χ0n) is 9.81. The van der Waals surface area contributed by atoms with E-state index < -0.39 is 15.8 Å². The van der Waals surface area contributed by atoms with Gasteiger partial charge in [-0.15, -0.1) is 0 Å². The first-order chi connectivity index (χ1) is 9.01. The quantitative estimate of drug-likeness (QED) is 0.863. The van der Waals surface area contributed by atoms with Gasteiger partial charge in [0.1, 0.15) is 5.82 Å². The summed E-state index contributed by atoms with van der Waals surface area (Å²) in [5.41, 5.74) is 1.47. The van der Waals surface area contributed by atoms with E-state index in [9.17, 15) is 12.8 Å². The molecule has 0 radical (unpaired) electrons. The summed E-state index contributed by atoms with van der Waals surface area (Å²) in [6.45, 7) is 0. The smallest absolute Gasteiger partial charge is 0.261 e. The van der Waals surface area contributed by atoms with Gasteiger partial charge in [-0.1, -0.05) is 34.1 Å². The number of nitrogens with one attached hydrogen (secondary N) is 1. The van der Waals surface area contributed by atoms with Gasteiger partial charge < -0.3 is 0 Å². The van der Waals surface area contributed by atoms with E-state index in [4.69, 9.17) is 0 Å². The predicted octanol–water partition coefficient (Wildman–Crippen LogP) is 3.52. The first-order valence-corrected chi connectivity index (χ1v) is 8.05. The maximum Gasteiger partial charge on any atom is 0.261 e. The van der Waals surface area contributed by atoms with Crippen LogP contribution >= 0.6 is 15.9 Å². The van der Waals surface area contributed by atoms with Crippen molar-refractivity contribution >= 4 is 31.6 Å². The topological polar surface area (TPSA) is 46.2 Å². The zero-order chi connectivity index (χ0) is 13.9. The molecule has 2 aromatic carbocycles. The van der Waals surface area contributed by atoms with Crippen LogP contribution in [0.1, 0.15) is 5.56 Å². The molecule has 3 nitrogen and oxygen atoms in total. The van der Waals surface area contributed by atoms with Crippen LogP contribution in [-0.4, -0.2) is 8.42 Å². The molecule has 0 aliphatic carbocycles. The average Bonchev–Trinajstić information content (AvgIpc) is 2.39. The molecule has 0 amide bonds. The van der Waals surface area contributed by atoms with Crippen molar-refractivity contribution in [2.75, 3.05) is 4.72 Å². The van der Waals surface area contributed by atoms with Gasteiger partial charge in [-0.05, 0) is 35.9 Å². The van der Waals surface area contributed by atoms with E-state index in [1.807, 2.05) is 0 Å². The van der Waals surface area contributed by atoms with Crippen molar-refractivity contribution in [2.24, 2.45) is 0 Å². The van der Waals surface area contributed by atoms with Gasteiger partial charge in [0.25, 0.3) is 10.0 Å². The molecule has 0 aromatic heterocycles. The van der Waals surface area contributed by atoms with Gasteiger partial charge in [-0.2, -0.15) is 0 Å². The number of hydrogen-bond donors (Lipinski definition) is 1. The Morgan fingerprint density at radius 3 is 2.37 bits per heavy atom. The van der Waals surface area contributed by atoms with Gasteiger partial charge in [-0.3, -0.25) is 4.72 Å². The summed E-state index contributed by atoms with van der Waals surface area (Å²) >= 11 is 3.31. The van der Waals surface area contributed by atoms with E-state index in [2.05, 4.69) is 20.7 Å². The van der Waals surface area contributed by atoms with E-state index >= 15 is 0 Å². The highest BCUT2D eigenvalue weighted by molar-refractivity contribution is 9.08. The fourth-order valence-corrected chi connectivity index (χ4v) is 2.97. The number of anilines is 1. The lowest BCUT2D eigenvalue weighted by Crippen LogP contribution is -2.13. The van der Waals surface area contributed by atoms with Crippen LogP contribution in [-0.2, 0) is 15.4 Å². The van der Waals surface area contributed by atoms with Gasteiger partial charge in [0.15, 0.2) is 0 Å². The van der Waals surface area contributed by atoms with Crippen LogP contribution in [0, 0.1) is 5.82 Å². The molecule has 0 saturated carbocycles. The van der Waals surface area contributed by atoms with Crippen LogP contribution in [0.3, 0.4) is 0 Å². The third-order valence-corrected chi connectivity index (χ3v) is 4.49. The summed E-state index contributed by atoms with van der Waals surface area (Å²) in [4.78, 5) is -0.0999. The lowest BCUT2D eigenvalue weighted by Gasteiger charge is -2.08. The maximum atomic E-state index is 13.0. The predicted molar refractivity (Wildman–Crippen MR) is 76.3 cm³/mol. The third-order valence-electron chi connectivity index (χ3n) is 2.47. The monoisotopic (exact) mass is 343 g/mol. The summed E-state index contributed by atoms with van der Waals surface area (Å²) in [7, 11) is -3.76. The number of hydrogen-bond acceptors (Lipinski definition) is 2. The van der Waals surface area contributed by atoms with Crippen LogP contribution in [0.15, 0.2) is 53.4 Å². The Morgan fingerprint density at radius 1 is 1.11 bits per heavy atom. The Kier molecular flexibility index (Phi) is 4.21. The normalized spacial score (nSPS) is 11.3. The van der Waals surface area contributed by atoms with Gasteiger partial charge >= 0.3 is 0 Å². The van der Waals surface area contributed by atoms with Crippen molar-refractivity contribution < 1.29 is 12.8 Å². The Hall–Kier alpha value is -1.40. The van der Waals surface area contributed by atoms with Crippen molar-refractivity contribution in [2.45, 2.75) is 10.2 Å². The summed E-state index contributed by atoms with van der Waals surface area (Å²) in [6, 6.07) is 11.8. The Labute approximate surface area is 119 Å². The molecule has 0 aliphatic rings. The first kappa shape index (κ1) is 14.0. The Balaban J connectivity index is 2.25. The molecular formula is C13H11BrFNO2S. The Bertz CT molecular complexity index is 671. The second-order valence-electron chi connectivity index (χ2n) is 3.89. The van der Waals surface area contributed by atoms with E-state index in [1.165, 1.54) is 18.2 Å². The fraction of sp³-hybridized carbons (Fsp3) is 0.0769. The number of rotatable bonds is 4. The minimum atomic E-state index is -3.76. The van der Waals surface area contributed by atoms with Crippen molar-refractivity contribution in [1.29, 1.82) is 0 Å². The van der Waals surface area contributed by atoms with Gasteiger partial charge in [-0.25, -0.2) is 12.8 Å². The minimum absolute atomic E-state index is 0.0999. The molecule has 1 N–H and O–H groups in total. The molecule has 19 heavy (non-hydrogen) atoms. The number of benzene rings is 2. The molecule has 6 heteroatoms. The fourth-order valence-electron chi connectivity index (χ4n) is 1.51. The lowest BCUT2D eigenvalue weighted by atomic mass is 10.2. The van der Waals surface area contributed by atoms with Gasteiger partial charge in [0, 0.05) is 11.0 Å². The minimum Gasteiger partial charge on any atom is -0.280 e. The van der Waals surface area contributed by atoms with Crippen molar-refractivity contribution in [3.05, 3.63) is 59.9 Å². The summed E-state index contributed by atoms with van der Waals surface area (Å²) in [5.74, 6) is -0.586. The third kappa shape index (κ3) is 3.54. The van der Waals surface area contributed by atoms with Crippen molar-refractivity contribution in [3.8, 4) is 0 Å². The highest BCUT2D eigenvalue weighted by Gasteiger charge is 2.14.